The Morgan fingerprint density at radius 1 is 1.30 bits per heavy atom. The van der Waals surface area contributed by atoms with Gasteiger partial charge in [-0.2, -0.15) is 0 Å². The van der Waals surface area contributed by atoms with Crippen LogP contribution in [0, 0.1) is 10.5 Å². The number of carbonyl (C=O) groups excluding carboxylic acids is 1. The van der Waals surface area contributed by atoms with Crippen molar-refractivity contribution in [3.63, 3.8) is 0 Å². The van der Waals surface area contributed by atoms with Gasteiger partial charge in [-0.1, -0.05) is 12.1 Å². The maximum absolute atomic E-state index is 13.4. The number of hydrogen-bond acceptors (Lipinski definition) is 5. The average Bonchev–Trinajstić information content (AvgIpc) is 2.73. The number of fused-ring (bicyclic) bond motifs is 1. The monoisotopic (exact) mass is 518 g/mol. The van der Waals surface area contributed by atoms with Gasteiger partial charge in [0, 0.05) is 15.7 Å². The lowest BCUT2D eigenvalue weighted by atomic mass is 10.0. The fraction of sp³-hybridized carbons (Fsp3) is 0.318. The molecule has 3 aromatic rings. The third-order valence-electron chi connectivity index (χ3n) is 5.46. The Morgan fingerprint density at radius 2 is 2.07 bits per heavy atom. The van der Waals surface area contributed by atoms with Gasteiger partial charge < -0.3 is 10.4 Å². The normalized spacial score (nSPS) is 19.0. The number of nitrogens with zero attached hydrogens (tertiary/aromatic N) is 2. The summed E-state index contributed by atoms with van der Waals surface area (Å²) in [5.74, 6) is 0.371. The summed E-state index contributed by atoms with van der Waals surface area (Å²) in [4.78, 5) is 30.6. The molecule has 2 heterocycles. The number of piperidine rings is 1. The smallest absolute Gasteiger partial charge is 0.262 e. The summed E-state index contributed by atoms with van der Waals surface area (Å²) < 4.78 is 2.64. The minimum Gasteiger partial charge on any atom is -0.376 e. The van der Waals surface area contributed by atoms with E-state index in [0.29, 0.717) is 34.3 Å². The van der Waals surface area contributed by atoms with Crippen molar-refractivity contribution < 1.29 is 9.90 Å². The Balaban J connectivity index is 1.68. The van der Waals surface area contributed by atoms with Crippen LogP contribution in [0.3, 0.4) is 0 Å². The second-order valence-corrected chi connectivity index (χ2v) is 8.69. The van der Waals surface area contributed by atoms with Gasteiger partial charge in [0.15, 0.2) is 0 Å². The van der Waals surface area contributed by atoms with Crippen LogP contribution in [-0.2, 0) is 6.54 Å². The van der Waals surface area contributed by atoms with Crippen molar-refractivity contribution in [3.05, 3.63) is 73.3 Å². The maximum atomic E-state index is 13.4. The van der Waals surface area contributed by atoms with Gasteiger partial charge in [0.1, 0.15) is 12.1 Å². The Bertz CT molecular complexity index is 1140. The number of amides is 1. The zero-order valence-electron chi connectivity index (χ0n) is 16.6. The highest BCUT2D eigenvalue weighted by Gasteiger charge is 2.27. The molecule has 1 fully saturated rings. The lowest BCUT2D eigenvalue weighted by molar-refractivity contribution is 0.0527. The number of nitrogens with one attached hydrogen (secondary N) is 2. The highest BCUT2D eigenvalue weighted by molar-refractivity contribution is 14.1. The Hall–Kier alpha value is -2.30. The Kier molecular flexibility index (Phi) is 6.16. The van der Waals surface area contributed by atoms with Crippen LogP contribution < -0.4 is 16.2 Å². The molecular formula is C22H23IN4O3. The van der Waals surface area contributed by atoms with Gasteiger partial charge in [0.25, 0.3) is 11.5 Å². The fourth-order valence-corrected chi connectivity index (χ4v) is 4.32. The number of halogens is 1. The van der Waals surface area contributed by atoms with Gasteiger partial charge in [-0.3, -0.25) is 19.5 Å². The number of hydrogen-bond donors (Lipinski definition) is 3. The van der Waals surface area contributed by atoms with Crippen molar-refractivity contribution in [2.24, 2.45) is 0 Å². The highest BCUT2D eigenvalue weighted by Crippen LogP contribution is 2.23. The first kappa shape index (κ1) is 21.0. The highest BCUT2D eigenvalue weighted by atomic mass is 127. The van der Waals surface area contributed by atoms with Gasteiger partial charge >= 0.3 is 0 Å². The molecule has 30 heavy (non-hydrogen) atoms. The Labute approximate surface area is 187 Å². The topological polar surface area (TPSA) is 96.2 Å². The fourth-order valence-electron chi connectivity index (χ4n) is 3.96. The van der Waals surface area contributed by atoms with Crippen molar-refractivity contribution in [1.29, 1.82) is 0 Å². The number of benzene rings is 2. The van der Waals surface area contributed by atoms with Crippen molar-refractivity contribution in [3.8, 4) is 0 Å². The molecule has 1 aliphatic rings. The third kappa shape index (κ3) is 4.12. The van der Waals surface area contributed by atoms with Gasteiger partial charge in [-0.15, -0.1) is 0 Å². The van der Waals surface area contributed by atoms with Gasteiger partial charge in [-0.05, 0) is 84.8 Å². The van der Waals surface area contributed by atoms with Gasteiger partial charge in [0.05, 0.1) is 16.9 Å². The summed E-state index contributed by atoms with van der Waals surface area (Å²) in [6.07, 6.45) is 0.787. The van der Waals surface area contributed by atoms with E-state index in [1.165, 1.54) is 0 Å². The molecule has 7 nitrogen and oxygen atoms in total. The van der Waals surface area contributed by atoms with E-state index in [4.69, 9.17) is 0 Å². The SMILES string of the molecule is Cc1nc2cccc(CNC(=O)c3ccc(I)cc3)c2c(=O)n1C1CCCNC1O. The standard InChI is InChI=1S/C22H23IN4O3/c1-13-26-17-5-2-4-15(12-25-20(28)14-7-9-16(23)10-8-14)19(17)22(30)27(13)18-6-3-11-24-21(18)29/h2,4-5,7-10,18,21,24,29H,3,6,11-12H2,1H3,(H,25,28). The molecule has 8 heteroatoms. The van der Waals surface area contributed by atoms with E-state index in [9.17, 15) is 14.7 Å². The number of aliphatic hydroxyl groups is 1. The van der Waals surface area contributed by atoms with Crippen LogP contribution in [0.25, 0.3) is 10.9 Å². The maximum Gasteiger partial charge on any atom is 0.262 e. The molecular weight excluding hydrogens is 495 g/mol. The zero-order chi connectivity index (χ0) is 21.3. The summed E-state index contributed by atoms with van der Waals surface area (Å²) in [6, 6.07) is 12.4. The summed E-state index contributed by atoms with van der Waals surface area (Å²) >= 11 is 2.19. The quantitative estimate of drug-likeness (QED) is 0.462. The van der Waals surface area contributed by atoms with E-state index in [0.717, 1.165) is 16.5 Å². The molecule has 1 aliphatic heterocycles. The summed E-state index contributed by atoms with van der Waals surface area (Å²) in [6.45, 7) is 2.73. The van der Waals surface area contributed by atoms with E-state index in [-0.39, 0.29) is 24.1 Å². The molecule has 4 rings (SSSR count). The molecule has 0 aliphatic carbocycles. The van der Waals surface area contributed by atoms with Crippen molar-refractivity contribution in [2.75, 3.05) is 6.54 Å². The molecule has 0 spiro atoms. The first-order valence-electron chi connectivity index (χ1n) is 9.91. The van der Waals surface area contributed by atoms with E-state index in [2.05, 4.69) is 38.2 Å². The third-order valence-corrected chi connectivity index (χ3v) is 6.18. The molecule has 1 aromatic heterocycles. The lowest BCUT2D eigenvalue weighted by Crippen LogP contribution is -2.46. The van der Waals surface area contributed by atoms with Crippen LogP contribution >= 0.6 is 22.6 Å². The summed E-state index contributed by atoms with van der Waals surface area (Å²) in [5, 5.41) is 16.8. The first-order valence-corrected chi connectivity index (χ1v) is 11.0. The molecule has 2 aromatic carbocycles. The van der Waals surface area contributed by atoms with Crippen molar-refractivity contribution >= 4 is 39.4 Å². The van der Waals surface area contributed by atoms with E-state index >= 15 is 0 Å². The molecule has 2 atom stereocenters. The molecule has 2 unspecified atom stereocenters. The van der Waals surface area contributed by atoms with Gasteiger partial charge in [-0.25, -0.2) is 4.98 Å². The predicted molar refractivity (Wildman–Crippen MR) is 123 cm³/mol. The summed E-state index contributed by atoms with van der Waals surface area (Å²) in [7, 11) is 0. The second kappa shape index (κ2) is 8.83. The number of carbonyl (C=O) groups is 1. The molecule has 1 saturated heterocycles. The van der Waals surface area contributed by atoms with Crippen LogP contribution in [-0.4, -0.2) is 33.3 Å². The van der Waals surface area contributed by atoms with Crippen LogP contribution in [0.15, 0.2) is 47.3 Å². The molecule has 1 amide bonds. The van der Waals surface area contributed by atoms with Crippen molar-refractivity contribution in [2.45, 2.75) is 38.6 Å². The Morgan fingerprint density at radius 3 is 2.80 bits per heavy atom. The number of aryl methyl sites for hydroxylation is 1. The molecule has 156 valence electrons. The van der Waals surface area contributed by atoms with Gasteiger partial charge in [0.2, 0.25) is 0 Å². The molecule has 0 radical (unpaired) electrons. The van der Waals surface area contributed by atoms with E-state index in [1.807, 2.05) is 24.3 Å². The molecule has 0 bridgehead atoms. The average molecular weight is 518 g/mol. The van der Waals surface area contributed by atoms with E-state index < -0.39 is 6.23 Å². The molecule has 0 saturated carbocycles. The number of aromatic nitrogens is 2. The van der Waals surface area contributed by atoms with E-state index in [1.54, 1.807) is 29.7 Å². The lowest BCUT2D eigenvalue weighted by Gasteiger charge is -2.31. The number of rotatable bonds is 4. The van der Waals surface area contributed by atoms with Crippen LogP contribution in [0.1, 0.15) is 40.6 Å². The minimum atomic E-state index is -0.790. The number of aliphatic hydroxyl groups excluding tert-OH is 1. The van der Waals surface area contributed by atoms with Crippen LogP contribution in [0.5, 0.6) is 0 Å². The largest absolute Gasteiger partial charge is 0.376 e. The zero-order valence-corrected chi connectivity index (χ0v) is 18.7. The predicted octanol–water partition coefficient (Wildman–Crippen LogP) is 2.48. The van der Waals surface area contributed by atoms with Crippen molar-refractivity contribution in [1.82, 2.24) is 20.2 Å². The second-order valence-electron chi connectivity index (χ2n) is 7.44. The minimum absolute atomic E-state index is 0.190. The first-order chi connectivity index (χ1) is 14.5. The van der Waals surface area contributed by atoms with Crippen LogP contribution in [0.2, 0.25) is 0 Å². The molecule has 3 N–H and O–H groups in total. The summed E-state index contributed by atoms with van der Waals surface area (Å²) in [5.41, 5.74) is 1.67. The van der Waals surface area contributed by atoms with Crippen LogP contribution in [0.4, 0.5) is 0 Å².